The zero-order valence-corrected chi connectivity index (χ0v) is 20.7. The Bertz CT molecular complexity index is 1140. The minimum atomic E-state index is -0.233. The number of hydrazone groups is 1. The SMILES string of the molecule is COc1cc(/C=N\NC(=O)Cc2ccc(Br)cc2)cc(Cl)c1OCc1ccc(Cl)c(Cl)c1. The third-order valence-corrected chi connectivity index (χ3v) is 5.85. The highest BCUT2D eigenvalue weighted by molar-refractivity contribution is 9.10. The Balaban J connectivity index is 1.63. The Kier molecular flexibility index (Phi) is 8.82. The molecule has 0 unspecified atom stereocenters. The summed E-state index contributed by atoms with van der Waals surface area (Å²) in [6, 6.07) is 16.1. The van der Waals surface area contributed by atoms with E-state index in [1.54, 1.807) is 24.3 Å². The van der Waals surface area contributed by atoms with Crippen molar-refractivity contribution in [1.29, 1.82) is 0 Å². The maximum absolute atomic E-state index is 12.1. The molecule has 0 saturated carbocycles. The van der Waals surface area contributed by atoms with Crippen molar-refractivity contribution >= 4 is 62.9 Å². The number of ether oxygens (including phenoxy) is 2. The van der Waals surface area contributed by atoms with E-state index in [0.29, 0.717) is 32.1 Å². The van der Waals surface area contributed by atoms with Crippen LogP contribution < -0.4 is 14.9 Å². The minimum absolute atomic E-state index is 0.218. The molecule has 1 N–H and O–H groups in total. The number of hydrogen-bond acceptors (Lipinski definition) is 4. The number of halogens is 4. The normalized spacial score (nSPS) is 10.9. The van der Waals surface area contributed by atoms with E-state index in [-0.39, 0.29) is 18.9 Å². The summed E-state index contributed by atoms with van der Waals surface area (Å²) >= 11 is 21.7. The molecular formula is C23H18BrCl3N2O3. The Hall–Kier alpha value is -2.25. The van der Waals surface area contributed by atoms with Gasteiger partial charge in [-0.1, -0.05) is 68.9 Å². The number of carbonyl (C=O) groups excluding carboxylic acids is 1. The molecule has 0 fully saturated rings. The monoisotopic (exact) mass is 554 g/mol. The Labute approximate surface area is 209 Å². The quantitative estimate of drug-likeness (QED) is 0.248. The summed E-state index contributed by atoms with van der Waals surface area (Å²) in [7, 11) is 1.51. The van der Waals surface area contributed by atoms with Gasteiger partial charge in [0, 0.05) is 4.47 Å². The van der Waals surface area contributed by atoms with E-state index in [9.17, 15) is 4.79 Å². The highest BCUT2D eigenvalue weighted by atomic mass is 79.9. The fourth-order valence-corrected chi connectivity index (χ4v) is 3.60. The van der Waals surface area contributed by atoms with Gasteiger partial charge in [0.1, 0.15) is 6.61 Å². The van der Waals surface area contributed by atoms with Crippen LogP contribution in [0.15, 0.2) is 64.2 Å². The van der Waals surface area contributed by atoms with Gasteiger partial charge in [0.15, 0.2) is 11.5 Å². The first-order valence-electron chi connectivity index (χ1n) is 9.36. The van der Waals surface area contributed by atoms with E-state index in [4.69, 9.17) is 44.3 Å². The van der Waals surface area contributed by atoms with Crippen LogP contribution >= 0.6 is 50.7 Å². The number of methoxy groups -OCH3 is 1. The first-order chi connectivity index (χ1) is 15.4. The van der Waals surface area contributed by atoms with Crippen molar-refractivity contribution in [1.82, 2.24) is 5.43 Å². The number of nitrogens with one attached hydrogen (secondary N) is 1. The van der Waals surface area contributed by atoms with Gasteiger partial charge in [-0.2, -0.15) is 5.10 Å². The molecule has 0 aliphatic rings. The van der Waals surface area contributed by atoms with Gasteiger partial charge >= 0.3 is 0 Å². The predicted octanol–water partition coefficient (Wildman–Crippen LogP) is 6.69. The van der Waals surface area contributed by atoms with Gasteiger partial charge < -0.3 is 9.47 Å². The molecule has 0 spiro atoms. The minimum Gasteiger partial charge on any atom is -0.493 e. The standard InChI is InChI=1S/C23H18BrCl3N2O3/c1-31-21-10-16(12-28-29-22(30)11-14-2-5-17(24)6-3-14)9-20(27)23(21)32-13-15-4-7-18(25)19(26)8-15/h2-10,12H,11,13H2,1H3,(H,29,30)/b28-12-. The highest BCUT2D eigenvalue weighted by Gasteiger charge is 2.12. The molecule has 166 valence electrons. The summed E-state index contributed by atoms with van der Waals surface area (Å²) in [6.07, 6.45) is 1.70. The first-order valence-corrected chi connectivity index (χ1v) is 11.3. The molecule has 5 nitrogen and oxygen atoms in total. The van der Waals surface area contributed by atoms with Crippen molar-refractivity contribution in [3.05, 3.63) is 90.8 Å². The number of hydrogen-bond donors (Lipinski definition) is 1. The molecule has 0 aliphatic carbocycles. The molecular weight excluding hydrogens is 539 g/mol. The van der Waals surface area contributed by atoms with Gasteiger partial charge in [-0.15, -0.1) is 0 Å². The maximum atomic E-state index is 12.1. The average Bonchev–Trinajstić information content (AvgIpc) is 2.76. The zero-order chi connectivity index (χ0) is 23.1. The summed E-state index contributed by atoms with van der Waals surface area (Å²) in [4.78, 5) is 12.1. The van der Waals surface area contributed by atoms with Gasteiger partial charge in [-0.05, 0) is 53.1 Å². The van der Waals surface area contributed by atoms with E-state index < -0.39 is 0 Å². The summed E-state index contributed by atoms with van der Waals surface area (Å²) in [6.45, 7) is 0.229. The number of rotatable bonds is 8. The second kappa shape index (κ2) is 11.6. The number of carbonyl (C=O) groups is 1. The van der Waals surface area contributed by atoms with Crippen LogP contribution in [-0.4, -0.2) is 19.2 Å². The smallest absolute Gasteiger partial charge is 0.244 e. The van der Waals surface area contributed by atoms with E-state index in [1.807, 2.05) is 30.3 Å². The molecule has 0 atom stereocenters. The molecule has 1 amide bonds. The molecule has 3 aromatic carbocycles. The molecule has 0 aromatic heterocycles. The van der Waals surface area contributed by atoms with Crippen LogP contribution in [0.25, 0.3) is 0 Å². The average molecular weight is 557 g/mol. The van der Waals surface area contributed by atoms with E-state index in [2.05, 4.69) is 26.5 Å². The Morgan fingerprint density at radius 2 is 1.72 bits per heavy atom. The first kappa shape index (κ1) is 24.4. The van der Waals surface area contributed by atoms with Crippen molar-refractivity contribution < 1.29 is 14.3 Å². The van der Waals surface area contributed by atoms with E-state index >= 15 is 0 Å². The van der Waals surface area contributed by atoms with E-state index in [0.717, 1.165) is 15.6 Å². The van der Waals surface area contributed by atoms with Gasteiger partial charge in [0.25, 0.3) is 0 Å². The number of nitrogens with zero attached hydrogens (tertiary/aromatic N) is 1. The molecule has 32 heavy (non-hydrogen) atoms. The van der Waals surface area contributed by atoms with Crippen LogP contribution in [-0.2, 0) is 17.8 Å². The van der Waals surface area contributed by atoms with Crippen LogP contribution in [0.1, 0.15) is 16.7 Å². The summed E-state index contributed by atoms with van der Waals surface area (Å²) in [5.74, 6) is 0.583. The molecule has 0 aliphatic heterocycles. The van der Waals surface area contributed by atoms with Crippen LogP contribution in [0, 0.1) is 0 Å². The maximum Gasteiger partial charge on any atom is 0.244 e. The fourth-order valence-electron chi connectivity index (χ4n) is 2.75. The zero-order valence-electron chi connectivity index (χ0n) is 16.9. The summed E-state index contributed by atoms with van der Waals surface area (Å²) in [5, 5.41) is 5.25. The molecule has 9 heteroatoms. The summed E-state index contributed by atoms with van der Waals surface area (Å²) < 4.78 is 12.2. The second-order valence-corrected chi connectivity index (χ2v) is 8.80. The van der Waals surface area contributed by atoms with Crippen LogP contribution in [0.5, 0.6) is 11.5 Å². The summed E-state index contributed by atoms with van der Waals surface area (Å²) in [5.41, 5.74) is 4.85. The third kappa shape index (κ3) is 6.87. The second-order valence-electron chi connectivity index (χ2n) is 6.67. The van der Waals surface area contributed by atoms with Crippen LogP contribution in [0.2, 0.25) is 15.1 Å². The highest BCUT2D eigenvalue weighted by Crippen LogP contribution is 2.37. The van der Waals surface area contributed by atoms with Gasteiger partial charge in [0.2, 0.25) is 5.91 Å². The fraction of sp³-hybridized carbons (Fsp3) is 0.130. The number of benzene rings is 3. The van der Waals surface area contributed by atoms with Crippen molar-refractivity contribution in [2.45, 2.75) is 13.0 Å². The topological polar surface area (TPSA) is 59.9 Å². The Morgan fingerprint density at radius 3 is 2.41 bits per heavy atom. The molecule has 0 bridgehead atoms. The van der Waals surface area contributed by atoms with E-state index in [1.165, 1.54) is 13.3 Å². The number of amides is 1. The molecule has 3 rings (SSSR count). The molecule has 0 saturated heterocycles. The lowest BCUT2D eigenvalue weighted by Crippen LogP contribution is -2.19. The molecule has 3 aromatic rings. The molecule has 0 heterocycles. The predicted molar refractivity (Wildman–Crippen MR) is 132 cm³/mol. The van der Waals surface area contributed by atoms with Crippen molar-refractivity contribution in [3.8, 4) is 11.5 Å². The Morgan fingerprint density at radius 1 is 1.00 bits per heavy atom. The lowest BCUT2D eigenvalue weighted by molar-refractivity contribution is -0.120. The van der Waals surface area contributed by atoms with Crippen LogP contribution in [0.4, 0.5) is 0 Å². The van der Waals surface area contributed by atoms with Gasteiger partial charge in [-0.25, -0.2) is 5.43 Å². The van der Waals surface area contributed by atoms with Crippen molar-refractivity contribution in [2.75, 3.05) is 7.11 Å². The van der Waals surface area contributed by atoms with Crippen molar-refractivity contribution in [2.24, 2.45) is 5.10 Å². The van der Waals surface area contributed by atoms with Gasteiger partial charge in [0.05, 0.1) is 34.8 Å². The lowest BCUT2D eigenvalue weighted by atomic mass is 10.1. The van der Waals surface area contributed by atoms with Gasteiger partial charge in [-0.3, -0.25) is 4.79 Å². The third-order valence-electron chi connectivity index (χ3n) is 4.30. The lowest BCUT2D eigenvalue weighted by Gasteiger charge is -2.13. The largest absolute Gasteiger partial charge is 0.493 e. The van der Waals surface area contributed by atoms with Crippen molar-refractivity contribution in [3.63, 3.8) is 0 Å². The molecule has 0 radical (unpaired) electrons. The van der Waals surface area contributed by atoms with Crippen LogP contribution in [0.3, 0.4) is 0 Å².